The van der Waals surface area contributed by atoms with Gasteiger partial charge in [-0.1, -0.05) is 18.2 Å². The van der Waals surface area contributed by atoms with Gasteiger partial charge in [-0.15, -0.1) is 0 Å². The third kappa shape index (κ3) is 2.01. The van der Waals surface area contributed by atoms with Gasteiger partial charge in [0.05, 0.1) is 17.6 Å². The number of carbonyl (C=O) groups excluding carboxylic acids is 1. The molecule has 0 fully saturated rings. The van der Waals surface area contributed by atoms with Gasteiger partial charge in [0.1, 0.15) is 5.58 Å². The van der Waals surface area contributed by atoms with Crippen LogP contribution in [0.15, 0.2) is 59.2 Å². The van der Waals surface area contributed by atoms with Crippen LogP contribution in [0.25, 0.3) is 11.0 Å². The van der Waals surface area contributed by atoms with E-state index >= 15 is 0 Å². The number of para-hydroxylation sites is 1. The maximum Gasteiger partial charge on any atom is 0.323 e. The smallest absolute Gasteiger partial charge is 0.323 e. The van der Waals surface area contributed by atoms with Crippen molar-refractivity contribution in [2.24, 2.45) is 5.73 Å². The van der Waals surface area contributed by atoms with Crippen LogP contribution in [0.5, 0.6) is 0 Å². The van der Waals surface area contributed by atoms with E-state index < -0.39 is 6.03 Å². The Morgan fingerprint density at radius 2 is 1.95 bits per heavy atom. The average Bonchev–Trinajstić information content (AvgIpc) is 2.88. The van der Waals surface area contributed by atoms with Crippen LogP contribution in [0.1, 0.15) is 5.56 Å². The lowest BCUT2D eigenvalue weighted by Gasteiger charge is -2.22. The average molecular weight is 266 g/mol. The summed E-state index contributed by atoms with van der Waals surface area (Å²) >= 11 is 0. The van der Waals surface area contributed by atoms with Gasteiger partial charge in [-0.2, -0.15) is 0 Å². The van der Waals surface area contributed by atoms with E-state index in [1.807, 2.05) is 55.5 Å². The van der Waals surface area contributed by atoms with Gasteiger partial charge in [0.2, 0.25) is 0 Å². The van der Waals surface area contributed by atoms with Crippen molar-refractivity contribution in [2.45, 2.75) is 6.92 Å². The van der Waals surface area contributed by atoms with Gasteiger partial charge in [-0.25, -0.2) is 4.79 Å². The molecule has 0 saturated carbocycles. The molecule has 0 unspecified atom stereocenters. The van der Waals surface area contributed by atoms with Gasteiger partial charge in [-0.3, -0.25) is 4.90 Å². The van der Waals surface area contributed by atoms with E-state index in [2.05, 4.69) is 0 Å². The monoisotopic (exact) mass is 266 g/mol. The number of urea groups is 1. The quantitative estimate of drug-likeness (QED) is 0.763. The minimum absolute atomic E-state index is 0.512. The Balaban J connectivity index is 2.15. The van der Waals surface area contributed by atoms with Crippen LogP contribution in [0.4, 0.5) is 16.2 Å². The molecule has 100 valence electrons. The fourth-order valence-corrected chi connectivity index (χ4v) is 2.29. The topological polar surface area (TPSA) is 59.5 Å². The number of furan rings is 1. The first-order valence-electron chi connectivity index (χ1n) is 6.29. The summed E-state index contributed by atoms with van der Waals surface area (Å²) in [6, 6.07) is 14.5. The van der Waals surface area contributed by atoms with Gasteiger partial charge in [0.25, 0.3) is 0 Å². The first-order valence-corrected chi connectivity index (χ1v) is 6.29. The molecular weight excluding hydrogens is 252 g/mol. The molecule has 0 aliphatic rings. The summed E-state index contributed by atoms with van der Waals surface area (Å²) in [4.78, 5) is 13.4. The summed E-state index contributed by atoms with van der Waals surface area (Å²) in [5, 5.41) is 0.933. The maximum absolute atomic E-state index is 11.9. The van der Waals surface area contributed by atoms with E-state index in [0.29, 0.717) is 0 Å². The summed E-state index contributed by atoms with van der Waals surface area (Å²) in [6.07, 6.45) is 1.62. The fourth-order valence-electron chi connectivity index (χ4n) is 2.29. The van der Waals surface area contributed by atoms with Crippen LogP contribution in [0.2, 0.25) is 0 Å². The second-order valence-electron chi connectivity index (χ2n) is 4.60. The minimum Gasteiger partial charge on any atom is -0.464 e. The molecule has 4 nitrogen and oxygen atoms in total. The first kappa shape index (κ1) is 12.3. The van der Waals surface area contributed by atoms with Crippen molar-refractivity contribution in [3.8, 4) is 0 Å². The summed E-state index contributed by atoms with van der Waals surface area (Å²) < 4.78 is 5.31. The summed E-state index contributed by atoms with van der Waals surface area (Å²) in [5.41, 5.74) is 8.82. The molecule has 0 spiro atoms. The molecule has 3 rings (SSSR count). The minimum atomic E-state index is -0.512. The molecule has 0 aliphatic carbocycles. The van der Waals surface area contributed by atoms with E-state index in [1.165, 1.54) is 4.90 Å². The molecule has 0 aliphatic heterocycles. The highest BCUT2D eigenvalue weighted by atomic mass is 16.3. The zero-order valence-electron chi connectivity index (χ0n) is 11.0. The van der Waals surface area contributed by atoms with Gasteiger partial charge >= 0.3 is 6.03 Å². The van der Waals surface area contributed by atoms with Crippen LogP contribution in [0.3, 0.4) is 0 Å². The van der Waals surface area contributed by atoms with Gasteiger partial charge in [0.15, 0.2) is 0 Å². The second kappa shape index (κ2) is 4.74. The third-order valence-corrected chi connectivity index (χ3v) is 3.27. The molecule has 3 aromatic rings. The standard InChI is InChI=1S/C16H14N2O2/c1-11-4-2-3-5-14(11)18(16(17)19)13-6-7-15-12(10-13)8-9-20-15/h2-10H,1H3,(H2,17,19). The summed E-state index contributed by atoms with van der Waals surface area (Å²) in [5.74, 6) is 0. The van der Waals surface area contributed by atoms with Crippen LogP contribution in [0, 0.1) is 6.92 Å². The Labute approximate surface area is 116 Å². The van der Waals surface area contributed by atoms with Crippen molar-refractivity contribution in [3.05, 3.63) is 60.4 Å². The highest BCUT2D eigenvalue weighted by molar-refractivity contribution is 6.00. The number of carbonyl (C=O) groups is 1. The fraction of sp³-hybridized carbons (Fsp3) is 0.0625. The van der Waals surface area contributed by atoms with Crippen LogP contribution in [-0.4, -0.2) is 6.03 Å². The highest BCUT2D eigenvalue weighted by Crippen LogP contribution is 2.30. The van der Waals surface area contributed by atoms with E-state index in [1.54, 1.807) is 6.26 Å². The number of primary amides is 1. The SMILES string of the molecule is Cc1ccccc1N(C(N)=O)c1ccc2occc2c1. The third-order valence-electron chi connectivity index (χ3n) is 3.27. The van der Waals surface area contributed by atoms with Crippen LogP contribution in [-0.2, 0) is 0 Å². The number of aryl methyl sites for hydroxylation is 1. The largest absolute Gasteiger partial charge is 0.464 e. The van der Waals surface area contributed by atoms with Crippen molar-refractivity contribution in [1.82, 2.24) is 0 Å². The molecule has 1 aromatic heterocycles. The molecule has 0 saturated heterocycles. The normalized spacial score (nSPS) is 10.7. The number of rotatable bonds is 2. The highest BCUT2D eigenvalue weighted by Gasteiger charge is 2.17. The Morgan fingerprint density at radius 3 is 2.70 bits per heavy atom. The summed E-state index contributed by atoms with van der Waals surface area (Å²) in [7, 11) is 0. The molecule has 0 atom stereocenters. The maximum atomic E-state index is 11.9. The van der Waals surface area contributed by atoms with E-state index in [-0.39, 0.29) is 0 Å². The molecular formula is C16H14N2O2. The number of hydrogen-bond acceptors (Lipinski definition) is 2. The van der Waals surface area contributed by atoms with Gasteiger partial charge < -0.3 is 10.2 Å². The molecule has 4 heteroatoms. The van der Waals surface area contributed by atoms with Gasteiger partial charge in [-0.05, 0) is 42.8 Å². The number of fused-ring (bicyclic) bond motifs is 1. The molecule has 20 heavy (non-hydrogen) atoms. The van der Waals surface area contributed by atoms with Crippen molar-refractivity contribution >= 4 is 28.4 Å². The number of benzene rings is 2. The molecule has 0 bridgehead atoms. The molecule has 2 N–H and O–H groups in total. The Hall–Kier alpha value is -2.75. The number of anilines is 2. The lowest BCUT2D eigenvalue weighted by Crippen LogP contribution is -2.31. The second-order valence-corrected chi connectivity index (χ2v) is 4.60. The number of nitrogens with zero attached hydrogens (tertiary/aromatic N) is 1. The van der Waals surface area contributed by atoms with E-state index in [4.69, 9.17) is 10.2 Å². The number of amides is 2. The predicted octanol–water partition coefficient (Wildman–Crippen LogP) is 3.96. The lowest BCUT2D eigenvalue weighted by molar-refractivity contribution is 0.256. The number of nitrogens with two attached hydrogens (primary N) is 1. The molecule has 2 aromatic carbocycles. The molecule has 1 heterocycles. The zero-order valence-corrected chi connectivity index (χ0v) is 11.0. The van der Waals surface area contributed by atoms with Crippen molar-refractivity contribution in [2.75, 3.05) is 4.90 Å². The van der Waals surface area contributed by atoms with Crippen LogP contribution >= 0.6 is 0 Å². The Bertz CT molecular complexity index is 777. The van der Waals surface area contributed by atoms with Crippen molar-refractivity contribution in [3.63, 3.8) is 0 Å². The van der Waals surface area contributed by atoms with Crippen molar-refractivity contribution in [1.29, 1.82) is 0 Å². The summed E-state index contributed by atoms with van der Waals surface area (Å²) in [6.45, 7) is 1.95. The number of hydrogen-bond donors (Lipinski definition) is 1. The van der Waals surface area contributed by atoms with E-state index in [0.717, 1.165) is 27.9 Å². The van der Waals surface area contributed by atoms with E-state index in [9.17, 15) is 4.79 Å². The Morgan fingerprint density at radius 1 is 1.15 bits per heavy atom. The zero-order chi connectivity index (χ0) is 14.1. The predicted molar refractivity (Wildman–Crippen MR) is 79.1 cm³/mol. The van der Waals surface area contributed by atoms with Gasteiger partial charge in [0, 0.05) is 5.39 Å². The molecule has 0 radical (unpaired) electrons. The van der Waals surface area contributed by atoms with Crippen molar-refractivity contribution < 1.29 is 9.21 Å². The first-order chi connectivity index (χ1) is 9.66. The molecule has 2 amide bonds. The van der Waals surface area contributed by atoms with Crippen LogP contribution < -0.4 is 10.6 Å². The lowest BCUT2D eigenvalue weighted by atomic mass is 10.1. The Kier molecular flexibility index (Phi) is 2.91.